The number of halogens is 1. The fourth-order valence-electron chi connectivity index (χ4n) is 3.81. The van der Waals surface area contributed by atoms with Gasteiger partial charge in [-0.05, 0) is 38.1 Å². The fourth-order valence-corrected chi connectivity index (χ4v) is 3.81. The molecular formula is C24H25FN4O2. The first-order valence-corrected chi connectivity index (χ1v) is 10.2. The number of amides is 1. The molecule has 7 heteroatoms. The highest BCUT2D eigenvalue weighted by Crippen LogP contribution is 2.36. The third kappa shape index (κ3) is 4.21. The van der Waals surface area contributed by atoms with E-state index in [-0.39, 0.29) is 24.3 Å². The Kier molecular flexibility index (Phi) is 5.59. The Morgan fingerprint density at radius 1 is 1.26 bits per heavy atom. The SMILES string of the molecule is Cc1cnc(C)c(-c2cc(F)c3c(c2)CC(CNC(=O)c2ccccc2N(C)C)O3)n1. The standard InChI is InChI=1S/C24H25FN4O2/c1-14-12-26-15(2)22(28-14)16-9-17-10-18(31-23(17)20(25)11-16)13-27-24(30)19-7-5-6-8-21(19)29(3)4/h5-9,11-12,18H,10,13H2,1-4H3,(H,27,30). The lowest BCUT2D eigenvalue weighted by Crippen LogP contribution is -2.35. The average molecular weight is 420 g/mol. The van der Waals surface area contributed by atoms with E-state index in [2.05, 4.69) is 15.3 Å². The minimum absolute atomic E-state index is 0.185. The van der Waals surface area contributed by atoms with Crippen molar-refractivity contribution < 1.29 is 13.9 Å². The van der Waals surface area contributed by atoms with Crippen molar-refractivity contribution in [3.05, 3.63) is 70.9 Å². The first-order valence-electron chi connectivity index (χ1n) is 10.2. The van der Waals surface area contributed by atoms with Crippen molar-refractivity contribution in [1.29, 1.82) is 0 Å². The van der Waals surface area contributed by atoms with Crippen LogP contribution in [0.25, 0.3) is 11.3 Å². The lowest BCUT2D eigenvalue weighted by molar-refractivity contribution is 0.0933. The molecule has 4 rings (SSSR count). The number of nitrogens with one attached hydrogen (secondary N) is 1. The van der Waals surface area contributed by atoms with Crippen molar-refractivity contribution >= 4 is 11.6 Å². The van der Waals surface area contributed by atoms with Gasteiger partial charge in [0.15, 0.2) is 11.6 Å². The molecule has 1 aliphatic heterocycles. The van der Waals surface area contributed by atoms with E-state index in [1.54, 1.807) is 12.3 Å². The van der Waals surface area contributed by atoms with E-state index in [1.807, 2.05) is 57.1 Å². The van der Waals surface area contributed by atoms with Gasteiger partial charge >= 0.3 is 0 Å². The maximum absolute atomic E-state index is 14.8. The monoisotopic (exact) mass is 420 g/mol. The van der Waals surface area contributed by atoms with Crippen molar-refractivity contribution in [3.63, 3.8) is 0 Å². The number of rotatable bonds is 5. The topological polar surface area (TPSA) is 67.4 Å². The highest BCUT2D eigenvalue weighted by atomic mass is 19.1. The van der Waals surface area contributed by atoms with E-state index in [4.69, 9.17) is 4.74 Å². The van der Waals surface area contributed by atoms with E-state index in [1.165, 1.54) is 6.07 Å². The first-order chi connectivity index (χ1) is 14.8. The number of aryl methyl sites for hydroxylation is 2. The molecule has 6 nitrogen and oxygen atoms in total. The normalized spacial score (nSPS) is 14.7. The highest BCUT2D eigenvalue weighted by Gasteiger charge is 2.28. The number of hydrogen-bond donors (Lipinski definition) is 1. The summed E-state index contributed by atoms with van der Waals surface area (Å²) in [6, 6.07) is 10.7. The van der Waals surface area contributed by atoms with Crippen LogP contribution in [0.3, 0.4) is 0 Å². The number of nitrogens with zero attached hydrogens (tertiary/aromatic N) is 3. The van der Waals surface area contributed by atoms with Gasteiger partial charge in [-0.2, -0.15) is 0 Å². The third-order valence-electron chi connectivity index (χ3n) is 5.32. The Bertz CT molecular complexity index is 1150. The molecule has 1 atom stereocenters. The zero-order valence-corrected chi connectivity index (χ0v) is 18.1. The van der Waals surface area contributed by atoms with Gasteiger partial charge in [0, 0.05) is 43.5 Å². The molecule has 2 heterocycles. The molecule has 0 fully saturated rings. The fraction of sp³-hybridized carbons (Fsp3) is 0.292. The largest absolute Gasteiger partial charge is 0.485 e. The zero-order valence-electron chi connectivity index (χ0n) is 18.1. The van der Waals surface area contributed by atoms with Crippen molar-refractivity contribution in [1.82, 2.24) is 15.3 Å². The molecule has 1 aromatic heterocycles. The molecule has 3 aromatic rings. The molecule has 0 bridgehead atoms. The van der Waals surface area contributed by atoms with Gasteiger partial charge in [0.05, 0.1) is 29.2 Å². The van der Waals surface area contributed by atoms with Crippen LogP contribution in [0.15, 0.2) is 42.6 Å². The summed E-state index contributed by atoms with van der Waals surface area (Å²) in [5, 5.41) is 2.92. The van der Waals surface area contributed by atoms with Gasteiger partial charge in [-0.1, -0.05) is 12.1 Å². The zero-order chi connectivity index (χ0) is 22.1. The third-order valence-corrected chi connectivity index (χ3v) is 5.32. The van der Waals surface area contributed by atoms with Gasteiger partial charge in [-0.25, -0.2) is 9.37 Å². The number of benzene rings is 2. The minimum atomic E-state index is -0.429. The Labute approximate surface area is 181 Å². The predicted octanol–water partition coefficient (Wildman–Crippen LogP) is 3.70. The summed E-state index contributed by atoms with van der Waals surface area (Å²) < 4.78 is 20.6. The van der Waals surface area contributed by atoms with Gasteiger partial charge in [-0.3, -0.25) is 9.78 Å². The maximum atomic E-state index is 14.8. The second-order valence-electron chi connectivity index (χ2n) is 7.96. The van der Waals surface area contributed by atoms with Crippen molar-refractivity contribution in [2.75, 3.05) is 25.5 Å². The number of hydrogen-bond acceptors (Lipinski definition) is 5. The Morgan fingerprint density at radius 3 is 2.81 bits per heavy atom. The van der Waals surface area contributed by atoms with Gasteiger partial charge < -0.3 is 15.0 Å². The number of carbonyl (C=O) groups excluding carboxylic acids is 1. The summed E-state index contributed by atoms with van der Waals surface area (Å²) in [6.07, 6.45) is 1.87. The van der Waals surface area contributed by atoms with E-state index < -0.39 is 5.82 Å². The van der Waals surface area contributed by atoms with Crippen LogP contribution < -0.4 is 15.0 Å². The summed E-state index contributed by atoms with van der Waals surface area (Å²) in [7, 11) is 3.78. The van der Waals surface area contributed by atoms with Crippen LogP contribution in [0.5, 0.6) is 5.75 Å². The summed E-state index contributed by atoms with van der Waals surface area (Å²) in [4.78, 5) is 23.4. The van der Waals surface area contributed by atoms with Gasteiger partial charge in [-0.15, -0.1) is 0 Å². The molecule has 0 spiro atoms. The molecule has 0 saturated carbocycles. The van der Waals surface area contributed by atoms with Crippen LogP contribution in [0, 0.1) is 19.7 Å². The molecule has 2 aromatic carbocycles. The highest BCUT2D eigenvalue weighted by molar-refractivity contribution is 5.99. The average Bonchev–Trinajstić information content (AvgIpc) is 3.17. The molecule has 1 aliphatic rings. The second-order valence-corrected chi connectivity index (χ2v) is 7.96. The van der Waals surface area contributed by atoms with E-state index >= 15 is 0 Å². The van der Waals surface area contributed by atoms with Crippen LogP contribution in [-0.4, -0.2) is 42.6 Å². The van der Waals surface area contributed by atoms with Crippen molar-refractivity contribution in [3.8, 4) is 17.0 Å². The Morgan fingerprint density at radius 2 is 2.03 bits per heavy atom. The van der Waals surface area contributed by atoms with Crippen LogP contribution in [-0.2, 0) is 6.42 Å². The number of ether oxygens (including phenoxy) is 1. The van der Waals surface area contributed by atoms with Crippen LogP contribution in [0.2, 0.25) is 0 Å². The lowest BCUT2D eigenvalue weighted by Gasteiger charge is -2.18. The maximum Gasteiger partial charge on any atom is 0.253 e. The second kappa shape index (κ2) is 8.34. The number of para-hydroxylation sites is 1. The lowest BCUT2D eigenvalue weighted by atomic mass is 10.0. The number of carbonyl (C=O) groups is 1. The summed E-state index contributed by atoms with van der Waals surface area (Å²) in [5.41, 5.74) is 5.05. The Balaban J connectivity index is 1.49. The molecule has 1 N–H and O–H groups in total. The minimum Gasteiger partial charge on any atom is -0.485 e. The van der Waals surface area contributed by atoms with Crippen LogP contribution in [0.1, 0.15) is 27.3 Å². The van der Waals surface area contributed by atoms with E-state index in [9.17, 15) is 9.18 Å². The Hall–Kier alpha value is -3.48. The van der Waals surface area contributed by atoms with Gasteiger partial charge in [0.25, 0.3) is 5.91 Å². The quantitative estimate of drug-likeness (QED) is 0.682. The van der Waals surface area contributed by atoms with Gasteiger partial charge in [0.2, 0.25) is 0 Å². The van der Waals surface area contributed by atoms with Crippen LogP contribution in [0.4, 0.5) is 10.1 Å². The smallest absolute Gasteiger partial charge is 0.253 e. The molecule has 1 unspecified atom stereocenters. The number of anilines is 1. The molecule has 0 aliphatic carbocycles. The van der Waals surface area contributed by atoms with Gasteiger partial charge in [0.1, 0.15) is 6.10 Å². The number of aromatic nitrogens is 2. The molecule has 0 saturated heterocycles. The molecular weight excluding hydrogens is 395 g/mol. The van der Waals surface area contributed by atoms with E-state index in [0.717, 1.165) is 22.6 Å². The van der Waals surface area contributed by atoms with Crippen LogP contribution >= 0.6 is 0 Å². The molecule has 160 valence electrons. The van der Waals surface area contributed by atoms with Crippen molar-refractivity contribution in [2.24, 2.45) is 0 Å². The molecule has 1 amide bonds. The molecule has 31 heavy (non-hydrogen) atoms. The summed E-state index contributed by atoms with van der Waals surface area (Å²) in [6.45, 7) is 4.00. The van der Waals surface area contributed by atoms with E-state index in [0.29, 0.717) is 23.2 Å². The number of fused-ring (bicyclic) bond motifs is 1. The first kappa shape index (κ1) is 20.8. The predicted molar refractivity (Wildman–Crippen MR) is 118 cm³/mol. The summed E-state index contributed by atoms with van der Waals surface area (Å²) in [5.74, 6) is -0.368. The molecule has 0 radical (unpaired) electrons. The summed E-state index contributed by atoms with van der Waals surface area (Å²) >= 11 is 0. The van der Waals surface area contributed by atoms with Crippen molar-refractivity contribution in [2.45, 2.75) is 26.4 Å².